The number of carbonyl (C=O) groups excluding carboxylic acids is 2. The maximum Gasteiger partial charge on any atom is 0.325 e. The van der Waals surface area contributed by atoms with Crippen LogP contribution < -0.4 is 14.8 Å². The molecule has 1 aliphatic rings. The molecule has 0 aliphatic carbocycles. The Labute approximate surface area is 171 Å². The van der Waals surface area contributed by atoms with E-state index in [-0.39, 0.29) is 19.9 Å². The van der Waals surface area contributed by atoms with Crippen LogP contribution in [0.25, 0.3) is 11.4 Å². The van der Waals surface area contributed by atoms with Gasteiger partial charge in [0.05, 0.1) is 6.61 Å². The van der Waals surface area contributed by atoms with Gasteiger partial charge in [-0.15, -0.1) is 0 Å². The highest BCUT2D eigenvalue weighted by atomic mass is 16.7. The van der Waals surface area contributed by atoms with Gasteiger partial charge in [-0.05, 0) is 36.8 Å². The van der Waals surface area contributed by atoms with Crippen LogP contribution in [-0.4, -0.2) is 46.9 Å². The molecule has 3 heterocycles. The van der Waals surface area contributed by atoms with Crippen LogP contribution in [0.2, 0.25) is 0 Å². The van der Waals surface area contributed by atoms with E-state index < -0.39 is 11.9 Å². The number of hydrogen-bond acceptors (Lipinski definition) is 9. The number of pyridine rings is 1. The Morgan fingerprint density at radius 3 is 2.93 bits per heavy atom. The Morgan fingerprint density at radius 2 is 2.07 bits per heavy atom. The number of nitrogens with one attached hydrogen (secondary N) is 1. The summed E-state index contributed by atoms with van der Waals surface area (Å²) in [7, 11) is 0. The van der Waals surface area contributed by atoms with Crippen LogP contribution >= 0.6 is 0 Å². The maximum absolute atomic E-state index is 12.1. The minimum absolute atomic E-state index is 0.126. The molecule has 0 bridgehead atoms. The van der Waals surface area contributed by atoms with Crippen molar-refractivity contribution in [1.29, 1.82) is 0 Å². The number of aromatic nitrogens is 3. The van der Waals surface area contributed by atoms with Crippen molar-refractivity contribution in [2.45, 2.75) is 12.8 Å². The molecule has 1 amide bonds. The Morgan fingerprint density at radius 1 is 1.17 bits per heavy atom. The number of fused-ring (bicyclic) bond motifs is 1. The van der Waals surface area contributed by atoms with E-state index in [9.17, 15) is 9.59 Å². The van der Waals surface area contributed by atoms with Crippen LogP contribution in [-0.2, 0) is 16.0 Å². The number of hydrogen-bond donors (Lipinski definition) is 1. The Kier molecular flexibility index (Phi) is 5.83. The second-order valence-electron chi connectivity index (χ2n) is 6.33. The maximum atomic E-state index is 12.1. The average molecular weight is 410 g/mol. The van der Waals surface area contributed by atoms with E-state index in [1.165, 1.54) is 0 Å². The van der Waals surface area contributed by atoms with Crippen LogP contribution in [0, 0.1) is 0 Å². The number of ether oxygens (including phenoxy) is 3. The van der Waals surface area contributed by atoms with Crippen molar-refractivity contribution in [3.05, 3.63) is 54.2 Å². The SMILES string of the molecule is O=C(CNC(=O)c1ccc2c(c1)OCO2)OCCCc1nc(-c2cccnc2)no1. The Balaban J connectivity index is 1.16. The van der Waals surface area contributed by atoms with Crippen molar-refractivity contribution in [1.82, 2.24) is 20.4 Å². The summed E-state index contributed by atoms with van der Waals surface area (Å²) in [4.78, 5) is 32.3. The number of amides is 1. The van der Waals surface area contributed by atoms with E-state index in [2.05, 4.69) is 20.4 Å². The predicted molar refractivity (Wildman–Crippen MR) is 102 cm³/mol. The summed E-state index contributed by atoms with van der Waals surface area (Å²) < 4.78 is 20.7. The van der Waals surface area contributed by atoms with Gasteiger partial charge in [0.1, 0.15) is 6.54 Å². The number of benzene rings is 1. The van der Waals surface area contributed by atoms with Gasteiger partial charge in [-0.25, -0.2) is 0 Å². The van der Waals surface area contributed by atoms with E-state index in [0.29, 0.717) is 41.6 Å². The third-order valence-electron chi connectivity index (χ3n) is 4.21. The summed E-state index contributed by atoms with van der Waals surface area (Å²) in [6.07, 6.45) is 4.28. The number of nitrogens with zero attached hydrogens (tertiary/aromatic N) is 3. The smallest absolute Gasteiger partial charge is 0.325 e. The molecule has 4 rings (SSSR count). The average Bonchev–Trinajstić information content (AvgIpc) is 3.44. The fourth-order valence-electron chi connectivity index (χ4n) is 2.72. The summed E-state index contributed by atoms with van der Waals surface area (Å²) in [5, 5.41) is 6.41. The molecule has 3 aromatic rings. The third kappa shape index (κ3) is 4.72. The van der Waals surface area contributed by atoms with Gasteiger partial charge in [0, 0.05) is 29.9 Å². The fourth-order valence-corrected chi connectivity index (χ4v) is 2.72. The van der Waals surface area contributed by atoms with Crippen LogP contribution in [0.3, 0.4) is 0 Å². The van der Waals surface area contributed by atoms with E-state index in [4.69, 9.17) is 18.7 Å². The van der Waals surface area contributed by atoms with Gasteiger partial charge < -0.3 is 24.1 Å². The summed E-state index contributed by atoms with van der Waals surface area (Å²) in [5.41, 5.74) is 1.13. The number of esters is 1. The zero-order valence-corrected chi connectivity index (χ0v) is 15.9. The molecule has 0 fully saturated rings. The first kappa shape index (κ1) is 19.4. The van der Waals surface area contributed by atoms with Gasteiger partial charge in [0.15, 0.2) is 11.5 Å². The lowest BCUT2D eigenvalue weighted by atomic mass is 10.2. The van der Waals surface area contributed by atoms with E-state index in [1.807, 2.05) is 6.07 Å². The van der Waals surface area contributed by atoms with Crippen molar-refractivity contribution in [2.24, 2.45) is 0 Å². The summed E-state index contributed by atoms with van der Waals surface area (Å²) in [6.45, 7) is 0.0589. The molecule has 10 heteroatoms. The molecule has 154 valence electrons. The monoisotopic (exact) mass is 410 g/mol. The van der Waals surface area contributed by atoms with E-state index >= 15 is 0 Å². The van der Waals surface area contributed by atoms with Gasteiger partial charge in [-0.1, -0.05) is 5.16 Å². The molecule has 1 N–H and O–H groups in total. The topological polar surface area (TPSA) is 126 Å². The van der Waals surface area contributed by atoms with Crippen molar-refractivity contribution in [3.8, 4) is 22.9 Å². The molecule has 0 atom stereocenters. The predicted octanol–water partition coefficient (Wildman–Crippen LogP) is 1.77. The molecule has 0 saturated carbocycles. The first-order valence-corrected chi connectivity index (χ1v) is 9.25. The lowest BCUT2D eigenvalue weighted by Gasteiger charge is -2.06. The van der Waals surface area contributed by atoms with E-state index in [1.54, 1.807) is 36.7 Å². The highest BCUT2D eigenvalue weighted by Gasteiger charge is 2.17. The first-order valence-electron chi connectivity index (χ1n) is 9.25. The summed E-state index contributed by atoms with van der Waals surface area (Å²) >= 11 is 0. The van der Waals surface area contributed by atoms with Gasteiger partial charge in [0.25, 0.3) is 5.91 Å². The molecule has 1 aromatic carbocycles. The number of aryl methyl sites for hydroxylation is 1. The quantitative estimate of drug-likeness (QED) is 0.437. The molecule has 0 saturated heterocycles. The lowest BCUT2D eigenvalue weighted by molar-refractivity contribution is -0.142. The minimum atomic E-state index is -0.536. The largest absolute Gasteiger partial charge is 0.464 e. The van der Waals surface area contributed by atoms with Gasteiger partial charge >= 0.3 is 5.97 Å². The molecular formula is C20H18N4O6. The van der Waals surface area contributed by atoms with Crippen LogP contribution in [0.5, 0.6) is 11.5 Å². The third-order valence-corrected chi connectivity index (χ3v) is 4.21. The highest BCUT2D eigenvalue weighted by Crippen LogP contribution is 2.32. The van der Waals surface area contributed by atoms with Crippen molar-refractivity contribution >= 4 is 11.9 Å². The minimum Gasteiger partial charge on any atom is -0.464 e. The summed E-state index contributed by atoms with van der Waals surface area (Å²) in [5.74, 6) is 1.05. The fraction of sp³-hybridized carbons (Fsp3) is 0.250. The lowest BCUT2D eigenvalue weighted by Crippen LogP contribution is -2.30. The van der Waals surface area contributed by atoms with Gasteiger partial charge in [-0.2, -0.15) is 4.98 Å². The molecule has 0 radical (unpaired) electrons. The zero-order chi connectivity index (χ0) is 20.8. The molecular weight excluding hydrogens is 392 g/mol. The Hall–Kier alpha value is -3.95. The molecule has 1 aliphatic heterocycles. The van der Waals surface area contributed by atoms with Crippen LogP contribution in [0.15, 0.2) is 47.2 Å². The first-order chi connectivity index (χ1) is 14.7. The standard InChI is InChI=1S/C20H18N4O6/c25-18(11-22-20(26)13-5-6-15-16(9-13)29-12-28-15)27-8-2-4-17-23-19(24-30-17)14-3-1-7-21-10-14/h1,3,5-7,9-10H,2,4,8,11-12H2,(H,22,26). The number of carbonyl (C=O) groups is 2. The zero-order valence-electron chi connectivity index (χ0n) is 15.9. The van der Waals surface area contributed by atoms with Crippen LogP contribution in [0.1, 0.15) is 22.7 Å². The van der Waals surface area contributed by atoms with Gasteiger partial charge in [-0.3, -0.25) is 14.6 Å². The highest BCUT2D eigenvalue weighted by molar-refractivity contribution is 5.96. The van der Waals surface area contributed by atoms with Crippen molar-refractivity contribution in [2.75, 3.05) is 19.9 Å². The second kappa shape index (κ2) is 9.03. The van der Waals surface area contributed by atoms with Gasteiger partial charge in [0.2, 0.25) is 18.5 Å². The molecule has 2 aromatic heterocycles. The second-order valence-corrected chi connectivity index (χ2v) is 6.33. The molecule has 0 spiro atoms. The number of rotatable bonds is 8. The normalized spacial score (nSPS) is 11.9. The molecule has 30 heavy (non-hydrogen) atoms. The molecule has 10 nitrogen and oxygen atoms in total. The molecule has 0 unspecified atom stereocenters. The van der Waals surface area contributed by atoms with Crippen molar-refractivity contribution < 1.29 is 28.3 Å². The van der Waals surface area contributed by atoms with Crippen molar-refractivity contribution in [3.63, 3.8) is 0 Å². The Bertz CT molecular complexity index is 1040. The van der Waals surface area contributed by atoms with E-state index in [0.717, 1.165) is 5.56 Å². The summed E-state index contributed by atoms with van der Waals surface area (Å²) in [6, 6.07) is 8.43. The van der Waals surface area contributed by atoms with Crippen LogP contribution in [0.4, 0.5) is 0 Å².